The minimum Gasteiger partial charge on any atom is -0.463 e. The molecular formula is C45H80O6. The molecule has 0 bridgehead atoms. The van der Waals surface area contributed by atoms with E-state index >= 15 is 0 Å². The zero-order chi connectivity index (χ0) is 37.3. The third-order valence-electron chi connectivity index (χ3n) is 9.17. The minimum atomic E-state index is -1.04. The van der Waals surface area contributed by atoms with Gasteiger partial charge in [-0.1, -0.05) is 191 Å². The number of esters is 2. The molecule has 0 aromatic carbocycles. The Balaban J connectivity index is 3.57. The summed E-state index contributed by atoms with van der Waals surface area (Å²) in [7, 11) is 0. The van der Waals surface area contributed by atoms with Gasteiger partial charge in [-0.2, -0.15) is 0 Å². The van der Waals surface area contributed by atoms with Gasteiger partial charge in [0.25, 0.3) is 0 Å². The predicted octanol–water partition coefficient (Wildman–Crippen LogP) is 12.4. The Kier molecular flexibility index (Phi) is 38.9. The number of allylic oxidation sites excluding steroid dienone is 7. The average molecular weight is 717 g/mol. The van der Waals surface area contributed by atoms with Crippen LogP contribution < -0.4 is 0 Å². The molecule has 0 fully saturated rings. The summed E-state index contributed by atoms with van der Waals surface area (Å²) >= 11 is 0. The van der Waals surface area contributed by atoms with Gasteiger partial charge >= 0.3 is 11.9 Å². The van der Waals surface area contributed by atoms with Crippen molar-refractivity contribution in [2.45, 2.75) is 212 Å². The van der Waals surface area contributed by atoms with E-state index in [0.29, 0.717) is 19.3 Å². The maximum atomic E-state index is 12.0. The first-order valence-corrected chi connectivity index (χ1v) is 21.3. The van der Waals surface area contributed by atoms with Crippen molar-refractivity contribution in [3.05, 3.63) is 48.6 Å². The molecular weight excluding hydrogens is 636 g/mol. The van der Waals surface area contributed by atoms with E-state index in [0.717, 1.165) is 38.5 Å². The highest BCUT2D eigenvalue weighted by Gasteiger charge is 2.12. The summed E-state index contributed by atoms with van der Waals surface area (Å²) in [6, 6.07) is 0. The van der Waals surface area contributed by atoms with Crippen molar-refractivity contribution in [1.29, 1.82) is 0 Å². The van der Waals surface area contributed by atoms with Gasteiger partial charge in [0, 0.05) is 12.8 Å². The number of aliphatic hydroxyl groups excluding tert-OH is 2. The van der Waals surface area contributed by atoms with Crippen LogP contribution in [0.2, 0.25) is 0 Å². The van der Waals surface area contributed by atoms with Crippen LogP contribution in [-0.2, 0) is 19.1 Å². The summed E-state index contributed by atoms with van der Waals surface area (Å²) in [5.41, 5.74) is 0. The second kappa shape index (κ2) is 40.6. The third kappa shape index (κ3) is 40.4. The van der Waals surface area contributed by atoms with Gasteiger partial charge in [0.05, 0.1) is 6.10 Å². The number of carbonyl (C=O) groups excluding carboxylic acids is 2. The van der Waals surface area contributed by atoms with Crippen molar-refractivity contribution in [3.8, 4) is 0 Å². The summed E-state index contributed by atoms with van der Waals surface area (Å²) in [5.74, 6) is -0.755. The van der Waals surface area contributed by atoms with Crippen molar-refractivity contribution in [2.75, 3.05) is 13.2 Å². The largest absolute Gasteiger partial charge is 0.463 e. The number of hydrogen-bond acceptors (Lipinski definition) is 6. The lowest BCUT2D eigenvalue weighted by atomic mass is 10.0. The zero-order valence-corrected chi connectivity index (χ0v) is 33.2. The van der Waals surface area contributed by atoms with Crippen LogP contribution in [0.1, 0.15) is 200 Å². The highest BCUT2D eigenvalue weighted by Crippen LogP contribution is 2.15. The first-order chi connectivity index (χ1) is 25.0. The molecule has 0 saturated carbocycles. The molecule has 296 valence electrons. The lowest BCUT2D eigenvalue weighted by Gasteiger charge is -2.12. The summed E-state index contributed by atoms with van der Waals surface area (Å²) in [6.07, 6.45) is 47.8. The van der Waals surface area contributed by atoms with Crippen molar-refractivity contribution >= 4 is 11.9 Å². The van der Waals surface area contributed by atoms with Gasteiger partial charge in [0.15, 0.2) is 0 Å². The molecule has 0 rings (SSSR count). The molecule has 2 atom stereocenters. The molecule has 0 aliphatic rings. The molecule has 0 aliphatic carbocycles. The van der Waals surface area contributed by atoms with Gasteiger partial charge in [0.2, 0.25) is 0 Å². The monoisotopic (exact) mass is 717 g/mol. The third-order valence-corrected chi connectivity index (χ3v) is 9.17. The van der Waals surface area contributed by atoms with Crippen LogP contribution in [0.25, 0.3) is 0 Å². The maximum absolute atomic E-state index is 12.0. The van der Waals surface area contributed by atoms with Gasteiger partial charge in [-0.3, -0.25) is 9.59 Å². The summed E-state index contributed by atoms with van der Waals surface area (Å²) in [4.78, 5) is 24.0. The lowest BCUT2D eigenvalue weighted by molar-refractivity contribution is -0.152. The fourth-order valence-corrected chi connectivity index (χ4v) is 5.90. The van der Waals surface area contributed by atoms with E-state index in [4.69, 9.17) is 9.47 Å². The Hall–Kier alpha value is -2.18. The lowest BCUT2D eigenvalue weighted by Crippen LogP contribution is -2.25. The van der Waals surface area contributed by atoms with E-state index in [1.165, 1.54) is 122 Å². The first-order valence-electron chi connectivity index (χ1n) is 21.3. The standard InChI is InChI=1S/C45H80O6/c1-3-5-7-9-11-13-15-17-18-19-20-21-22-24-26-28-30-32-34-38-44(48)50-40-43(47)41-51-45(49)39-35-37-42(46)36-33-31-29-27-25-23-16-14-12-10-8-6-4-2/h12,14,23,25,29,31,33,36,42-43,46-47H,3-11,13,15-22,24,26-28,30,32,34-35,37-41H2,1-2H3/b14-12-,25-23-,31-29-,36-33+/t42-,43+/m1/s1. The predicted molar refractivity (Wildman–Crippen MR) is 216 cm³/mol. The van der Waals surface area contributed by atoms with Gasteiger partial charge < -0.3 is 19.7 Å². The molecule has 0 spiro atoms. The van der Waals surface area contributed by atoms with E-state index in [9.17, 15) is 19.8 Å². The second-order valence-electron chi connectivity index (χ2n) is 14.3. The van der Waals surface area contributed by atoms with Gasteiger partial charge in [0.1, 0.15) is 19.3 Å². The Bertz CT molecular complexity index is 876. The Labute approximate surface area is 314 Å². The van der Waals surface area contributed by atoms with E-state index in [2.05, 4.69) is 38.2 Å². The van der Waals surface area contributed by atoms with Crippen LogP contribution in [-0.4, -0.2) is 47.6 Å². The number of ether oxygens (including phenoxy) is 2. The molecule has 0 aliphatic heterocycles. The molecule has 2 N–H and O–H groups in total. The van der Waals surface area contributed by atoms with E-state index in [1.54, 1.807) is 6.08 Å². The van der Waals surface area contributed by atoms with Gasteiger partial charge in [-0.25, -0.2) is 0 Å². The number of carbonyl (C=O) groups is 2. The molecule has 0 unspecified atom stereocenters. The van der Waals surface area contributed by atoms with Crippen molar-refractivity contribution < 1.29 is 29.3 Å². The van der Waals surface area contributed by atoms with Crippen LogP contribution in [0, 0.1) is 0 Å². The van der Waals surface area contributed by atoms with Crippen LogP contribution >= 0.6 is 0 Å². The number of hydrogen-bond donors (Lipinski definition) is 2. The highest BCUT2D eigenvalue weighted by molar-refractivity contribution is 5.69. The van der Waals surface area contributed by atoms with Crippen LogP contribution in [0.3, 0.4) is 0 Å². The van der Waals surface area contributed by atoms with Crippen LogP contribution in [0.15, 0.2) is 48.6 Å². The van der Waals surface area contributed by atoms with E-state index in [-0.39, 0.29) is 25.6 Å². The summed E-state index contributed by atoms with van der Waals surface area (Å²) < 4.78 is 10.3. The van der Waals surface area contributed by atoms with Gasteiger partial charge in [-0.05, 0) is 44.9 Å². The van der Waals surface area contributed by atoms with Crippen molar-refractivity contribution in [1.82, 2.24) is 0 Å². The van der Waals surface area contributed by atoms with Crippen LogP contribution in [0.5, 0.6) is 0 Å². The normalized spacial score (nSPS) is 13.3. The van der Waals surface area contributed by atoms with E-state index < -0.39 is 18.2 Å². The SMILES string of the molecule is CCCCC/C=C\C/C=C\C/C=C\C=C\[C@@H](O)CCCC(=O)OC[C@@H](O)COC(=O)CCCCCCCCCCCCCCCCCCCCC. The number of aliphatic hydroxyl groups is 2. The molecule has 0 amide bonds. The molecule has 6 nitrogen and oxygen atoms in total. The molecule has 0 radical (unpaired) electrons. The fourth-order valence-electron chi connectivity index (χ4n) is 5.90. The maximum Gasteiger partial charge on any atom is 0.305 e. The van der Waals surface area contributed by atoms with E-state index in [1.807, 2.05) is 18.2 Å². The fraction of sp³-hybridized carbons (Fsp3) is 0.778. The highest BCUT2D eigenvalue weighted by atomic mass is 16.6. The van der Waals surface area contributed by atoms with Gasteiger partial charge in [-0.15, -0.1) is 0 Å². The number of unbranched alkanes of at least 4 members (excludes halogenated alkanes) is 21. The molecule has 51 heavy (non-hydrogen) atoms. The number of rotatable bonds is 38. The average Bonchev–Trinajstić information content (AvgIpc) is 3.12. The molecule has 0 aromatic rings. The van der Waals surface area contributed by atoms with Crippen molar-refractivity contribution in [2.24, 2.45) is 0 Å². The molecule has 0 saturated heterocycles. The Morgan fingerprint density at radius 2 is 0.902 bits per heavy atom. The topological polar surface area (TPSA) is 93.1 Å². The Morgan fingerprint density at radius 1 is 0.490 bits per heavy atom. The smallest absolute Gasteiger partial charge is 0.305 e. The molecule has 0 heterocycles. The zero-order valence-electron chi connectivity index (χ0n) is 33.2. The second-order valence-corrected chi connectivity index (χ2v) is 14.3. The molecule has 6 heteroatoms. The summed E-state index contributed by atoms with van der Waals surface area (Å²) in [5, 5.41) is 20.1. The quantitative estimate of drug-likeness (QED) is 0.0286. The summed E-state index contributed by atoms with van der Waals surface area (Å²) in [6.45, 7) is 4.12. The van der Waals surface area contributed by atoms with Crippen molar-refractivity contribution in [3.63, 3.8) is 0 Å². The Morgan fingerprint density at radius 3 is 1.41 bits per heavy atom. The minimum absolute atomic E-state index is 0.157. The van der Waals surface area contributed by atoms with Crippen LogP contribution in [0.4, 0.5) is 0 Å². The first kappa shape index (κ1) is 48.8. The molecule has 0 aromatic heterocycles.